The maximum atomic E-state index is 7.74. The van der Waals surface area contributed by atoms with Crippen molar-refractivity contribution in [3.8, 4) is 0 Å². The molecule has 1 saturated carbocycles. The van der Waals surface area contributed by atoms with E-state index in [4.69, 9.17) is 5.41 Å². The molecule has 0 bridgehead atoms. The van der Waals surface area contributed by atoms with Crippen LogP contribution in [0.15, 0.2) is 0 Å². The summed E-state index contributed by atoms with van der Waals surface area (Å²) < 4.78 is 0. The first kappa shape index (κ1) is 8.57. The van der Waals surface area contributed by atoms with Crippen molar-refractivity contribution in [3.05, 3.63) is 0 Å². The van der Waals surface area contributed by atoms with E-state index >= 15 is 0 Å². The van der Waals surface area contributed by atoms with Gasteiger partial charge >= 0.3 is 0 Å². The highest BCUT2D eigenvalue weighted by Crippen LogP contribution is 2.24. The predicted molar refractivity (Wildman–Crippen MR) is 48.0 cm³/mol. The number of hydrogen-bond donors (Lipinski definition) is 1. The Balaban J connectivity index is 2.39. The Morgan fingerprint density at radius 2 is 2.00 bits per heavy atom. The second kappa shape index (κ2) is 3.24. The standard InChI is InChI=1S/C9H18N2/c1-7(2)9(10)11(3)8-5-4-6-8/h7-8,10H,4-6H2,1-3H3. The van der Waals surface area contributed by atoms with E-state index in [9.17, 15) is 0 Å². The fourth-order valence-corrected chi connectivity index (χ4v) is 1.38. The maximum absolute atomic E-state index is 7.74. The third-order valence-electron chi connectivity index (χ3n) is 2.55. The molecule has 64 valence electrons. The van der Waals surface area contributed by atoms with E-state index in [-0.39, 0.29) is 0 Å². The van der Waals surface area contributed by atoms with Crippen LogP contribution >= 0.6 is 0 Å². The molecule has 0 amide bonds. The van der Waals surface area contributed by atoms with Crippen LogP contribution < -0.4 is 0 Å². The molecule has 0 radical (unpaired) electrons. The van der Waals surface area contributed by atoms with E-state index in [2.05, 4.69) is 18.7 Å². The SMILES string of the molecule is CC(C)C(=N)N(C)C1CCC1. The van der Waals surface area contributed by atoms with E-state index in [1.54, 1.807) is 0 Å². The van der Waals surface area contributed by atoms with Crippen LogP contribution in [0.1, 0.15) is 33.1 Å². The summed E-state index contributed by atoms with van der Waals surface area (Å²) in [6.07, 6.45) is 3.91. The monoisotopic (exact) mass is 154 g/mol. The molecule has 0 atom stereocenters. The number of nitrogens with one attached hydrogen (secondary N) is 1. The maximum Gasteiger partial charge on any atom is 0.0983 e. The van der Waals surface area contributed by atoms with Crippen molar-refractivity contribution in [3.63, 3.8) is 0 Å². The van der Waals surface area contributed by atoms with E-state index in [1.165, 1.54) is 19.3 Å². The molecule has 1 fully saturated rings. The molecule has 0 spiro atoms. The topological polar surface area (TPSA) is 27.1 Å². The molecule has 0 heterocycles. The molecule has 0 unspecified atom stereocenters. The average molecular weight is 154 g/mol. The van der Waals surface area contributed by atoms with Crippen molar-refractivity contribution in [1.29, 1.82) is 5.41 Å². The highest BCUT2D eigenvalue weighted by Gasteiger charge is 2.24. The lowest BCUT2D eigenvalue weighted by atomic mass is 9.91. The van der Waals surface area contributed by atoms with Crippen LogP contribution in [0.2, 0.25) is 0 Å². The fraction of sp³-hybridized carbons (Fsp3) is 0.889. The number of hydrogen-bond acceptors (Lipinski definition) is 1. The van der Waals surface area contributed by atoms with Crippen molar-refractivity contribution < 1.29 is 0 Å². The molecule has 1 aliphatic rings. The van der Waals surface area contributed by atoms with Gasteiger partial charge in [-0.15, -0.1) is 0 Å². The van der Waals surface area contributed by atoms with Gasteiger partial charge in [0.2, 0.25) is 0 Å². The average Bonchev–Trinajstić information content (AvgIpc) is 1.82. The highest BCUT2D eigenvalue weighted by molar-refractivity contribution is 5.81. The summed E-state index contributed by atoms with van der Waals surface area (Å²) >= 11 is 0. The zero-order chi connectivity index (χ0) is 8.43. The Kier molecular flexibility index (Phi) is 2.53. The van der Waals surface area contributed by atoms with Gasteiger partial charge in [-0.2, -0.15) is 0 Å². The lowest BCUT2D eigenvalue weighted by molar-refractivity contribution is 0.232. The first-order valence-electron chi connectivity index (χ1n) is 4.44. The number of amidine groups is 1. The van der Waals surface area contributed by atoms with Gasteiger partial charge in [0.15, 0.2) is 0 Å². The summed E-state index contributed by atoms with van der Waals surface area (Å²) in [6.45, 7) is 4.16. The van der Waals surface area contributed by atoms with Crippen LogP contribution in [-0.2, 0) is 0 Å². The number of rotatable bonds is 2. The largest absolute Gasteiger partial charge is 0.360 e. The van der Waals surface area contributed by atoms with Crippen LogP contribution in [0.5, 0.6) is 0 Å². The molecular formula is C9H18N2. The van der Waals surface area contributed by atoms with Crippen molar-refractivity contribution in [2.45, 2.75) is 39.2 Å². The van der Waals surface area contributed by atoms with E-state index < -0.39 is 0 Å². The molecule has 1 rings (SSSR count). The smallest absolute Gasteiger partial charge is 0.0983 e. The van der Waals surface area contributed by atoms with Gasteiger partial charge in [0, 0.05) is 19.0 Å². The van der Waals surface area contributed by atoms with Gasteiger partial charge < -0.3 is 4.90 Å². The summed E-state index contributed by atoms with van der Waals surface area (Å²) in [5.41, 5.74) is 0. The first-order chi connectivity index (χ1) is 5.13. The van der Waals surface area contributed by atoms with Crippen molar-refractivity contribution in [2.24, 2.45) is 5.92 Å². The molecule has 0 aliphatic heterocycles. The molecule has 0 aromatic rings. The van der Waals surface area contributed by atoms with Crippen molar-refractivity contribution >= 4 is 5.84 Å². The quantitative estimate of drug-likeness (QED) is 0.478. The molecule has 11 heavy (non-hydrogen) atoms. The van der Waals surface area contributed by atoms with E-state index in [0.29, 0.717) is 12.0 Å². The zero-order valence-corrected chi connectivity index (χ0v) is 7.72. The normalized spacial score (nSPS) is 18.2. The van der Waals surface area contributed by atoms with Gasteiger partial charge in [-0.3, -0.25) is 5.41 Å². The van der Waals surface area contributed by atoms with Gasteiger partial charge in [-0.1, -0.05) is 13.8 Å². The molecule has 2 heteroatoms. The van der Waals surface area contributed by atoms with Crippen molar-refractivity contribution in [2.75, 3.05) is 7.05 Å². The molecule has 0 aromatic carbocycles. The minimum atomic E-state index is 0.376. The van der Waals surface area contributed by atoms with Gasteiger partial charge in [-0.05, 0) is 19.3 Å². The van der Waals surface area contributed by atoms with E-state index in [0.717, 1.165) is 5.84 Å². The van der Waals surface area contributed by atoms with Crippen molar-refractivity contribution in [1.82, 2.24) is 4.90 Å². The summed E-state index contributed by atoms with van der Waals surface area (Å²) in [7, 11) is 2.05. The molecule has 1 aliphatic carbocycles. The lowest BCUT2D eigenvalue weighted by Gasteiger charge is -2.37. The molecule has 1 N–H and O–H groups in total. The third kappa shape index (κ3) is 1.73. The van der Waals surface area contributed by atoms with Crippen LogP contribution in [0.3, 0.4) is 0 Å². The van der Waals surface area contributed by atoms with Crippen LogP contribution in [0.4, 0.5) is 0 Å². The Morgan fingerprint density at radius 1 is 1.45 bits per heavy atom. The summed E-state index contributed by atoms with van der Waals surface area (Å²) in [6, 6.07) is 0.671. The Labute approximate surface area is 69.1 Å². The zero-order valence-electron chi connectivity index (χ0n) is 7.72. The molecular weight excluding hydrogens is 136 g/mol. The predicted octanol–water partition coefficient (Wildman–Crippen LogP) is 2.10. The lowest BCUT2D eigenvalue weighted by Crippen LogP contribution is -2.42. The van der Waals surface area contributed by atoms with Crippen LogP contribution in [0.25, 0.3) is 0 Å². The minimum Gasteiger partial charge on any atom is -0.360 e. The van der Waals surface area contributed by atoms with Gasteiger partial charge in [0.25, 0.3) is 0 Å². The molecule has 0 aromatic heterocycles. The third-order valence-corrected chi connectivity index (χ3v) is 2.55. The van der Waals surface area contributed by atoms with Gasteiger partial charge in [0.05, 0.1) is 5.84 Å². The highest BCUT2D eigenvalue weighted by atomic mass is 15.2. The van der Waals surface area contributed by atoms with Crippen LogP contribution in [-0.4, -0.2) is 23.8 Å². The summed E-state index contributed by atoms with van der Waals surface area (Å²) in [4.78, 5) is 2.13. The van der Waals surface area contributed by atoms with E-state index in [1.807, 2.05) is 7.05 Å². The van der Waals surface area contributed by atoms with Crippen LogP contribution in [0, 0.1) is 11.3 Å². The van der Waals surface area contributed by atoms with Gasteiger partial charge in [0.1, 0.15) is 0 Å². The second-order valence-corrected chi connectivity index (χ2v) is 3.74. The fourth-order valence-electron chi connectivity index (χ4n) is 1.38. The molecule has 0 saturated heterocycles. The Hall–Kier alpha value is -0.530. The first-order valence-corrected chi connectivity index (χ1v) is 4.44. The van der Waals surface area contributed by atoms with Gasteiger partial charge in [-0.25, -0.2) is 0 Å². The number of nitrogens with zero attached hydrogens (tertiary/aromatic N) is 1. The second-order valence-electron chi connectivity index (χ2n) is 3.74. The summed E-state index contributed by atoms with van der Waals surface area (Å²) in [5.74, 6) is 1.16. The Morgan fingerprint density at radius 3 is 2.27 bits per heavy atom. The molecule has 2 nitrogen and oxygen atoms in total. The minimum absolute atomic E-state index is 0.376. The Bertz CT molecular complexity index is 148. The summed E-state index contributed by atoms with van der Waals surface area (Å²) in [5, 5.41) is 7.74.